The summed E-state index contributed by atoms with van der Waals surface area (Å²) < 4.78 is 46.5. The van der Waals surface area contributed by atoms with E-state index in [2.05, 4.69) is 0 Å². The normalized spacial score (nSPS) is 14.1. The van der Waals surface area contributed by atoms with Crippen LogP contribution in [-0.4, -0.2) is 28.4 Å². The third-order valence-electron chi connectivity index (χ3n) is 4.67. The molecule has 0 saturated carbocycles. The summed E-state index contributed by atoms with van der Waals surface area (Å²) in [6.45, 7) is 0. The lowest BCUT2D eigenvalue weighted by Crippen LogP contribution is -2.09. The number of halogens is 1. The molecule has 0 unspecified atom stereocenters. The molecular weight excluding hydrogens is 456 g/mol. The van der Waals surface area contributed by atoms with E-state index in [1.165, 1.54) is 62.8 Å². The highest BCUT2D eigenvalue weighted by atomic mass is 35.5. The van der Waals surface area contributed by atoms with Gasteiger partial charge in [0, 0.05) is 16.7 Å². The fraction of sp³-hybridized carbons (Fsp3) is 0.0870. The molecule has 0 amide bonds. The van der Waals surface area contributed by atoms with Gasteiger partial charge in [-0.15, -0.1) is 0 Å². The van der Waals surface area contributed by atoms with Crippen LogP contribution in [0.2, 0.25) is 5.02 Å². The molecule has 0 aromatic heterocycles. The molecule has 0 fully saturated rings. The van der Waals surface area contributed by atoms with Crippen molar-refractivity contribution >= 4 is 33.6 Å². The fourth-order valence-electron chi connectivity index (χ4n) is 3.16. The maximum atomic E-state index is 12.8. The van der Waals surface area contributed by atoms with Crippen molar-refractivity contribution in [2.45, 2.75) is 4.90 Å². The monoisotopic (exact) mass is 472 g/mol. The summed E-state index contributed by atoms with van der Waals surface area (Å²) in [7, 11) is -1.07. The van der Waals surface area contributed by atoms with Crippen molar-refractivity contribution in [3.63, 3.8) is 0 Å². The van der Waals surface area contributed by atoms with Gasteiger partial charge in [0.1, 0.15) is 16.4 Å². The minimum Gasteiger partial charge on any atom is -0.493 e. The van der Waals surface area contributed by atoms with E-state index >= 15 is 0 Å². The molecule has 1 aliphatic rings. The van der Waals surface area contributed by atoms with Gasteiger partial charge in [-0.25, -0.2) is 0 Å². The third kappa shape index (κ3) is 4.15. The fourth-order valence-corrected chi connectivity index (χ4v) is 4.21. The first-order chi connectivity index (χ1) is 15.3. The van der Waals surface area contributed by atoms with E-state index < -0.39 is 10.1 Å². The van der Waals surface area contributed by atoms with Crippen LogP contribution >= 0.6 is 11.6 Å². The Morgan fingerprint density at radius 2 is 1.72 bits per heavy atom. The topological polar surface area (TPSA) is 88.1 Å². The predicted octanol–water partition coefficient (Wildman–Crippen LogP) is 4.74. The minimum atomic E-state index is -4.08. The number of carbonyl (C=O) groups excluding carboxylic acids is 1. The number of carbonyl (C=O) groups is 1. The number of para-hydroxylation sites is 1. The quantitative estimate of drug-likeness (QED) is 0.378. The van der Waals surface area contributed by atoms with E-state index in [4.69, 9.17) is 30.0 Å². The molecular formula is C23H17ClO7S. The first-order valence-corrected chi connectivity index (χ1v) is 11.1. The Hall–Kier alpha value is -3.49. The number of methoxy groups -OCH3 is 2. The maximum Gasteiger partial charge on any atom is 0.339 e. The highest BCUT2D eigenvalue weighted by molar-refractivity contribution is 7.87. The molecule has 0 aliphatic carbocycles. The van der Waals surface area contributed by atoms with Crippen LogP contribution in [0.1, 0.15) is 15.9 Å². The molecule has 0 radical (unpaired) electrons. The molecule has 4 rings (SSSR count). The van der Waals surface area contributed by atoms with Crippen LogP contribution in [0.25, 0.3) is 6.08 Å². The van der Waals surface area contributed by atoms with Crippen LogP contribution < -0.4 is 18.4 Å². The number of Topliss-reactive ketones (excluding diaryl/α,β-unsaturated/α-hetero) is 1. The van der Waals surface area contributed by atoms with E-state index in [0.717, 1.165) is 0 Å². The molecule has 3 aromatic rings. The number of fused-ring (bicyclic) bond motifs is 1. The Morgan fingerprint density at radius 3 is 2.41 bits per heavy atom. The van der Waals surface area contributed by atoms with Crippen LogP contribution in [-0.2, 0) is 10.1 Å². The minimum absolute atomic E-state index is 0.00621. The van der Waals surface area contributed by atoms with E-state index in [-0.39, 0.29) is 33.5 Å². The van der Waals surface area contributed by atoms with E-state index in [9.17, 15) is 13.2 Å². The molecule has 1 heterocycles. The van der Waals surface area contributed by atoms with Gasteiger partial charge in [0.05, 0.1) is 19.8 Å². The van der Waals surface area contributed by atoms with Gasteiger partial charge in [-0.3, -0.25) is 4.79 Å². The van der Waals surface area contributed by atoms with Gasteiger partial charge in [-0.2, -0.15) is 8.42 Å². The Morgan fingerprint density at radius 1 is 0.969 bits per heavy atom. The predicted molar refractivity (Wildman–Crippen MR) is 118 cm³/mol. The number of rotatable bonds is 6. The Balaban J connectivity index is 1.62. The SMILES string of the molecule is COc1cccc(/C=C2\Oc3cc(OS(=O)(=O)c4ccc(Cl)cc4)ccc3C2=O)c1OC. The van der Waals surface area contributed by atoms with Crippen molar-refractivity contribution in [2.75, 3.05) is 14.2 Å². The van der Waals surface area contributed by atoms with Crippen LogP contribution in [0.3, 0.4) is 0 Å². The van der Waals surface area contributed by atoms with Crippen molar-refractivity contribution in [1.82, 2.24) is 0 Å². The lowest BCUT2D eigenvalue weighted by atomic mass is 10.1. The van der Waals surface area contributed by atoms with Gasteiger partial charge in [0.15, 0.2) is 17.3 Å². The number of allylic oxidation sites excluding steroid dienone is 1. The summed E-state index contributed by atoms with van der Waals surface area (Å²) in [5.74, 6) is 0.862. The van der Waals surface area contributed by atoms with Crippen LogP contribution in [0, 0.1) is 0 Å². The van der Waals surface area contributed by atoms with Gasteiger partial charge in [-0.1, -0.05) is 23.7 Å². The van der Waals surface area contributed by atoms with Gasteiger partial charge >= 0.3 is 10.1 Å². The average Bonchev–Trinajstić information content (AvgIpc) is 3.08. The summed E-state index contributed by atoms with van der Waals surface area (Å²) >= 11 is 5.80. The second-order valence-electron chi connectivity index (χ2n) is 6.67. The van der Waals surface area contributed by atoms with Crippen LogP contribution in [0.5, 0.6) is 23.0 Å². The van der Waals surface area contributed by atoms with Crippen molar-refractivity contribution in [2.24, 2.45) is 0 Å². The second-order valence-corrected chi connectivity index (χ2v) is 8.65. The Kier molecular flexibility index (Phi) is 5.82. The highest BCUT2D eigenvalue weighted by Crippen LogP contribution is 2.38. The summed E-state index contributed by atoms with van der Waals surface area (Å²) in [6.07, 6.45) is 1.54. The zero-order valence-corrected chi connectivity index (χ0v) is 18.6. The zero-order chi connectivity index (χ0) is 22.9. The summed E-state index contributed by atoms with van der Waals surface area (Å²) in [4.78, 5) is 12.7. The first kappa shape index (κ1) is 21.7. The largest absolute Gasteiger partial charge is 0.493 e. The summed E-state index contributed by atoms with van der Waals surface area (Å²) in [6, 6.07) is 15.0. The molecule has 32 heavy (non-hydrogen) atoms. The molecule has 0 bridgehead atoms. The van der Waals surface area contributed by atoms with Crippen molar-refractivity contribution in [3.05, 3.63) is 82.6 Å². The number of hydrogen-bond acceptors (Lipinski definition) is 7. The smallest absolute Gasteiger partial charge is 0.339 e. The summed E-state index contributed by atoms with van der Waals surface area (Å²) in [5, 5.41) is 0.403. The number of ketones is 1. The molecule has 9 heteroatoms. The van der Waals surface area contributed by atoms with E-state index in [0.29, 0.717) is 22.1 Å². The third-order valence-corrected chi connectivity index (χ3v) is 6.18. The van der Waals surface area contributed by atoms with Gasteiger partial charge in [0.2, 0.25) is 5.78 Å². The highest BCUT2D eigenvalue weighted by Gasteiger charge is 2.29. The Labute approximate surface area is 189 Å². The molecule has 3 aromatic carbocycles. The number of ether oxygens (including phenoxy) is 3. The van der Waals surface area contributed by atoms with Gasteiger partial charge < -0.3 is 18.4 Å². The summed E-state index contributed by atoms with van der Waals surface area (Å²) in [5.41, 5.74) is 0.874. The molecule has 0 spiro atoms. The first-order valence-electron chi connectivity index (χ1n) is 9.32. The van der Waals surface area contributed by atoms with Crippen molar-refractivity contribution < 1.29 is 31.6 Å². The van der Waals surface area contributed by atoms with Crippen molar-refractivity contribution in [3.8, 4) is 23.0 Å². The van der Waals surface area contributed by atoms with Gasteiger partial charge in [-0.05, 0) is 48.5 Å². The standard InChI is InChI=1S/C23H17ClO7S/c1-28-19-5-3-4-14(23(19)29-2)12-21-22(25)18-11-8-16(13-20(18)30-21)31-32(26,27)17-9-6-15(24)7-10-17/h3-13H,1-2H3/b21-12-. The van der Waals surface area contributed by atoms with E-state index in [1.807, 2.05) is 0 Å². The molecule has 0 saturated heterocycles. The molecule has 7 nitrogen and oxygen atoms in total. The maximum absolute atomic E-state index is 12.8. The number of hydrogen-bond donors (Lipinski definition) is 0. The van der Waals surface area contributed by atoms with Crippen LogP contribution in [0.4, 0.5) is 0 Å². The molecule has 0 atom stereocenters. The Bertz CT molecular complexity index is 1330. The lowest BCUT2D eigenvalue weighted by molar-refractivity contribution is 0.101. The second kappa shape index (κ2) is 8.57. The van der Waals surface area contributed by atoms with Gasteiger partial charge in [0.25, 0.3) is 0 Å². The molecule has 164 valence electrons. The zero-order valence-electron chi connectivity index (χ0n) is 17.0. The lowest BCUT2D eigenvalue weighted by Gasteiger charge is -2.10. The molecule has 1 aliphatic heterocycles. The van der Waals surface area contributed by atoms with Crippen LogP contribution in [0.15, 0.2) is 71.3 Å². The van der Waals surface area contributed by atoms with E-state index in [1.54, 1.807) is 18.2 Å². The van der Waals surface area contributed by atoms with Crippen molar-refractivity contribution in [1.29, 1.82) is 0 Å². The number of benzene rings is 3. The average molecular weight is 473 g/mol. The molecule has 0 N–H and O–H groups in total.